The smallest absolute Gasteiger partial charge is 0.228 e. The lowest BCUT2D eigenvalue weighted by molar-refractivity contribution is 0.536. The highest BCUT2D eigenvalue weighted by Crippen LogP contribution is 2.37. The van der Waals surface area contributed by atoms with Crippen LogP contribution in [0.3, 0.4) is 0 Å². The van der Waals surface area contributed by atoms with Crippen molar-refractivity contribution in [2.24, 2.45) is 0 Å². The van der Waals surface area contributed by atoms with Gasteiger partial charge in [0.1, 0.15) is 5.82 Å². The van der Waals surface area contributed by atoms with Crippen LogP contribution in [-0.4, -0.2) is 50.9 Å². The molecule has 4 heterocycles. The number of piperazine rings is 1. The lowest BCUT2D eigenvalue weighted by atomic mass is 9.95. The lowest BCUT2D eigenvalue weighted by Crippen LogP contribution is -2.43. The summed E-state index contributed by atoms with van der Waals surface area (Å²) in [7, 11) is 0. The van der Waals surface area contributed by atoms with Crippen LogP contribution in [0.5, 0.6) is 0 Å². The van der Waals surface area contributed by atoms with E-state index in [0.29, 0.717) is 11.1 Å². The highest BCUT2D eigenvalue weighted by atomic mass is 35.5. The number of aromatic nitrogens is 5. The molecule has 1 fully saturated rings. The van der Waals surface area contributed by atoms with Crippen molar-refractivity contribution >= 4 is 29.1 Å². The topological polar surface area (TPSA) is 83.8 Å². The van der Waals surface area contributed by atoms with Crippen molar-refractivity contribution in [1.29, 1.82) is 0 Å². The van der Waals surface area contributed by atoms with Crippen LogP contribution in [0.25, 0.3) is 11.4 Å². The molecule has 1 aliphatic heterocycles. The van der Waals surface area contributed by atoms with Crippen LogP contribution in [-0.2, 0) is 12.8 Å². The number of nitrogens with one attached hydrogen (secondary N) is 2. The highest BCUT2D eigenvalue weighted by molar-refractivity contribution is 6.30. The normalized spacial score (nSPS) is 15.8. The van der Waals surface area contributed by atoms with Gasteiger partial charge in [0.2, 0.25) is 5.95 Å². The van der Waals surface area contributed by atoms with E-state index in [1.807, 2.05) is 23.1 Å². The summed E-state index contributed by atoms with van der Waals surface area (Å²) >= 11 is 6.41. The van der Waals surface area contributed by atoms with Crippen molar-refractivity contribution in [2.75, 3.05) is 36.4 Å². The second-order valence-electron chi connectivity index (χ2n) is 7.99. The number of rotatable bonds is 4. The Kier molecular flexibility index (Phi) is 5.04. The molecule has 2 aliphatic rings. The predicted octanol–water partition coefficient (Wildman–Crippen LogP) is 3.22. The molecule has 0 bridgehead atoms. The van der Waals surface area contributed by atoms with E-state index in [9.17, 15) is 0 Å². The number of anilines is 3. The summed E-state index contributed by atoms with van der Waals surface area (Å²) < 4.78 is 1.97. The van der Waals surface area contributed by atoms with Crippen molar-refractivity contribution in [2.45, 2.75) is 32.7 Å². The third-order valence-electron chi connectivity index (χ3n) is 5.65. The molecule has 9 heteroatoms. The molecule has 0 aromatic carbocycles. The number of pyridine rings is 1. The van der Waals surface area contributed by atoms with Gasteiger partial charge >= 0.3 is 0 Å². The van der Waals surface area contributed by atoms with Gasteiger partial charge in [-0.25, -0.2) is 15.0 Å². The molecule has 2 N–H and O–H groups in total. The number of hydrogen-bond acceptors (Lipinski definition) is 7. The van der Waals surface area contributed by atoms with E-state index in [1.54, 1.807) is 0 Å². The van der Waals surface area contributed by atoms with Crippen LogP contribution in [0.2, 0.25) is 5.15 Å². The van der Waals surface area contributed by atoms with Crippen molar-refractivity contribution in [3.05, 3.63) is 40.8 Å². The Morgan fingerprint density at radius 1 is 1.10 bits per heavy atom. The van der Waals surface area contributed by atoms with Gasteiger partial charge in [0.25, 0.3) is 0 Å². The first-order valence-electron chi connectivity index (χ1n) is 10.4. The summed E-state index contributed by atoms with van der Waals surface area (Å²) in [5, 5.41) is 11.7. The fourth-order valence-corrected chi connectivity index (χ4v) is 4.35. The van der Waals surface area contributed by atoms with Gasteiger partial charge in [0.05, 0.1) is 23.3 Å². The summed E-state index contributed by atoms with van der Waals surface area (Å²) in [6.45, 7) is 8.20. The van der Waals surface area contributed by atoms with Gasteiger partial charge in [-0.05, 0) is 44.4 Å². The average Bonchev–Trinajstić information content (AvgIpc) is 3.12. The molecule has 0 unspecified atom stereocenters. The van der Waals surface area contributed by atoms with Gasteiger partial charge in [-0.15, -0.1) is 0 Å². The van der Waals surface area contributed by atoms with E-state index < -0.39 is 0 Å². The predicted molar refractivity (Wildman–Crippen MR) is 119 cm³/mol. The third kappa shape index (κ3) is 3.50. The highest BCUT2D eigenvalue weighted by Gasteiger charge is 2.27. The molecule has 5 rings (SSSR count). The monoisotopic (exact) mass is 424 g/mol. The van der Waals surface area contributed by atoms with Crippen LogP contribution in [0.4, 0.5) is 17.5 Å². The molecule has 156 valence electrons. The van der Waals surface area contributed by atoms with Crippen molar-refractivity contribution in [3.8, 4) is 11.4 Å². The van der Waals surface area contributed by atoms with E-state index in [1.165, 1.54) is 0 Å². The zero-order valence-corrected chi connectivity index (χ0v) is 17.9. The van der Waals surface area contributed by atoms with E-state index in [2.05, 4.69) is 50.5 Å². The largest absolute Gasteiger partial charge is 0.368 e. The van der Waals surface area contributed by atoms with Gasteiger partial charge < -0.3 is 15.5 Å². The van der Waals surface area contributed by atoms with Gasteiger partial charge in [-0.3, -0.25) is 4.68 Å². The number of fused-ring (bicyclic) bond motifs is 3. The molecule has 0 spiro atoms. The molecule has 1 saturated heterocycles. The quantitative estimate of drug-likeness (QED) is 0.665. The molecule has 30 heavy (non-hydrogen) atoms. The minimum atomic E-state index is 0.197. The Hall–Kier alpha value is -2.71. The SMILES string of the molecule is CC(C)n1nc(Cl)c2c1-c1nc(Nc3ccc(N4CCNCC4)cn3)ncc1CC2. The Morgan fingerprint density at radius 3 is 2.67 bits per heavy atom. The Balaban J connectivity index is 1.42. The number of aryl methyl sites for hydroxylation is 1. The Bertz CT molecular complexity index is 1050. The molecule has 0 radical (unpaired) electrons. The van der Waals surface area contributed by atoms with Crippen LogP contribution >= 0.6 is 11.6 Å². The van der Waals surface area contributed by atoms with Crippen molar-refractivity contribution in [3.63, 3.8) is 0 Å². The first-order chi connectivity index (χ1) is 14.6. The first kappa shape index (κ1) is 19.3. The molecule has 1 aliphatic carbocycles. The summed E-state index contributed by atoms with van der Waals surface area (Å²) in [6.07, 6.45) is 5.52. The number of nitrogens with zero attached hydrogens (tertiary/aromatic N) is 6. The third-order valence-corrected chi connectivity index (χ3v) is 5.96. The zero-order chi connectivity index (χ0) is 20.7. The lowest BCUT2D eigenvalue weighted by Gasteiger charge is -2.29. The molecule has 0 atom stereocenters. The maximum atomic E-state index is 6.41. The second-order valence-corrected chi connectivity index (χ2v) is 8.35. The molecule has 0 amide bonds. The molecule has 0 saturated carbocycles. The van der Waals surface area contributed by atoms with Crippen molar-refractivity contribution in [1.82, 2.24) is 30.0 Å². The standard InChI is InChI=1S/C21H25ClN8/c1-13(2)30-19-16(20(22)28-30)5-3-14-11-25-21(27-18(14)19)26-17-6-4-15(12-24-17)29-9-7-23-8-10-29/h4,6,11-13,23H,3,5,7-10H2,1-2H3,(H,24,25,26,27). The van der Waals surface area contributed by atoms with E-state index in [0.717, 1.165) is 73.0 Å². The zero-order valence-electron chi connectivity index (χ0n) is 17.2. The molecular weight excluding hydrogens is 400 g/mol. The van der Waals surface area contributed by atoms with Gasteiger partial charge in [-0.2, -0.15) is 5.10 Å². The average molecular weight is 425 g/mol. The Morgan fingerprint density at radius 2 is 1.93 bits per heavy atom. The first-order valence-corrected chi connectivity index (χ1v) is 10.8. The number of hydrogen-bond donors (Lipinski definition) is 2. The number of halogens is 1. The minimum absolute atomic E-state index is 0.197. The summed E-state index contributed by atoms with van der Waals surface area (Å²) in [5.74, 6) is 1.25. The summed E-state index contributed by atoms with van der Waals surface area (Å²) in [5.41, 5.74) is 5.23. The fraction of sp³-hybridized carbons (Fsp3) is 0.429. The summed E-state index contributed by atoms with van der Waals surface area (Å²) in [6, 6.07) is 4.26. The Labute approximate surface area is 180 Å². The van der Waals surface area contributed by atoms with Gasteiger partial charge in [0.15, 0.2) is 5.15 Å². The van der Waals surface area contributed by atoms with E-state index in [-0.39, 0.29) is 6.04 Å². The van der Waals surface area contributed by atoms with E-state index >= 15 is 0 Å². The minimum Gasteiger partial charge on any atom is -0.368 e. The fourth-order valence-electron chi connectivity index (χ4n) is 4.09. The van der Waals surface area contributed by atoms with Crippen LogP contribution in [0.1, 0.15) is 31.0 Å². The molecular formula is C21H25ClN8. The molecule has 3 aromatic rings. The van der Waals surface area contributed by atoms with E-state index in [4.69, 9.17) is 16.6 Å². The molecule has 3 aromatic heterocycles. The second kappa shape index (κ2) is 7.85. The van der Waals surface area contributed by atoms with Crippen LogP contribution < -0.4 is 15.5 Å². The maximum Gasteiger partial charge on any atom is 0.228 e. The van der Waals surface area contributed by atoms with Crippen molar-refractivity contribution < 1.29 is 0 Å². The van der Waals surface area contributed by atoms with Gasteiger partial charge in [-0.1, -0.05) is 11.6 Å². The maximum absolute atomic E-state index is 6.41. The van der Waals surface area contributed by atoms with Gasteiger partial charge in [0, 0.05) is 44.0 Å². The van der Waals surface area contributed by atoms with Crippen LogP contribution in [0, 0.1) is 0 Å². The van der Waals surface area contributed by atoms with Crippen LogP contribution in [0.15, 0.2) is 24.5 Å². The molecule has 8 nitrogen and oxygen atoms in total. The summed E-state index contributed by atoms with van der Waals surface area (Å²) in [4.78, 5) is 16.2.